The number of ether oxygens (including phenoxy) is 1. The van der Waals surface area contributed by atoms with E-state index >= 15 is 0 Å². The summed E-state index contributed by atoms with van der Waals surface area (Å²) in [6.07, 6.45) is 2.00. The minimum atomic E-state index is -0.511. The van der Waals surface area contributed by atoms with Crippen molar-refractivity contribution in [1.82, 2.24) is 9.80 Å². The largest absolute Gasteiger partial charge is 0.377 e. The number of rotatable bonds is 5. The topological polar surface area (TPSA) is 58.8 Å². The standard InChI is InChI=1S/C13H25N3O2.2ClH/c1-11(2)18-10-9-15-5-7-16(8-6-15)12(17)13(14)3-4-13;;/h11H,3-10,14H2,1-2H3;2*1H. The molecule has 120 valence electrons. The van der Waals surface area contributed by atoms with E-state index in [9.17, 15) is 4.79 Å². The van der Waals surface area contributed by atoms with Gasteiger partial charge >= 0.3 is 0 Å². The van der Waals surface area contributed by atoms with Gasteiger partial charge in [-0.1, -0.05) is 0 Å². The monoisotopic (exact) mass is 327 g/mol. The van der Waals surface area contributed by atoms with Crippen molar-refractivity contribution in [2.75, 3.05) is 39.3 Å². The summed E-state index contributed by atoms with van der Waals surface area (Å²) < 4.78 is 5.54. The van der Waals surface area contributed by atoms with Crippen LogP contribution in [0.15, 0.2) is 0 Å². The predicted molar refractivity (Wildman–Crippen MR) is 84.8 cm³/mol. The molecular weight excluding hydrogens is 301 g/mol. The van der Waals surface area contributed by atoms with Crippen LogP contribution in [-0.4, -0.2) is 66.7 Å². The van der Waals surface area contributed by atoms with Gasteiger partial charge in [0.2, 0.25) is 5.91 Å². The fourth-order valence-electron chi connectivity index (χ4n) is 2.26. The van der Waals surface area contributed by atoms with Gasteiger partial charge in [0.1, 0.15) is 0 Å². The molecule has 1 saturated carbocycles. The van der Waals surface area contributed by atoms with Gasteiger partial charge in [-0.2, -0.15) is 0 Å². The molecular formula is C13H27Cl2N3O2. The second-order valence-electron chi connectivity index (χ2n) is 5.71. The van der Waals surface area contributed by atoms with E-state index < -0.39 is 5.54 Å². The van der Waals surface area contributed by atoms with E-state index in [-0.39, 0.29) is 30.7 Å². The molecule has 2 fully saturated rings. The molecule has 0 aromatic carbocycles. The van der Waals surface area contributed by atoms with E-state index in [1.807, 2.05) is 18.7 Å². The Hall–Kier alpha value is -0.0700. The van der Waals surface area contributed by atoms with Gasteiger partial charge in [0.15, 0.2) is 0 Å². The molecule has 2 rings (SSSR count). The summed E-state index contributed by atoms with van der Waals surface area (Å²) in [5.74, 6) is 0.153. The Kier molecular flexibility index (Phi) is 8.36. The van der Waals surface area contributed by atoms with Gasteiger partial charge in [-0.05, 0) is 26.7 Å². The summed E-state index contributed by atoms with van der Waals surface area (Å²) in [4.78, 5) is 16.3. The molecule has 1 amide bonds. The van der Waals surface area contributed by atoms with Crippen LogP contribution in [0, 0.1) is 0 Å². The Morgan fingerprint density at radius 1 is 1.20 bits per heavy atom. The molecule has 0 atom stereocenters. The van der Waals surface area contributed by atoms with Crippen LogP contribution in [-0.2, 0) is 9.53 Å². The summed E-state index contributed by atoms with van der Waals surface area (Å²) in [6, 6.07) is 0. The first-order chi connectivity index (χ1) is 8.51. The van der Waals surface area contributed by atoms with Gasteiger partial charge < -0.3 is 15.4 Å². The van der Waals surface area contributed by atoms with Crippen molar-refractivity contribution < 1.29 is 9.53 Å². The Morgan fingerprint density at radius 2 is 1.75 bits per heavy atom. The second kappa shape index (κ2) is 8.39. The van der Waals surface area contributed by atoms with Crippen molar-refractivity contribution in [1.29, 1.82) is 0 Å². The van der Waals surface area contributed by atoms with E-state index in [4.69, 9.17) is 10.5 Å². The number of piperazine rings is 1. The number of nitrogens with two attached hydrogens (primary N) is 1. The van der Waals surface area contributed by atoms with E-state index in [0.29, 0.717) is 6.10 Å². The highest BCUT2D eigenvalue weighted by Crippen LogP contribution is 2.34. The lowest BCUT2D eigenvalue weighted by molar-refractivity contribution is -0.135. The van der Waals surface area contributed by atoms with E-state index in [1.165, 1.54) is 0 Å². The molecule has 0 unspecified atom stereocenters. The van der Waals surface area contributed by atoms with Crippen LogP contribution >= 0.6 is 24.8 Å². The Morgan fingerprint density at radius 3 is 2.20 bits per heavy atom. The highest BCUT2D eigenvalue weighted by Gasteiger charge is 2.48. The van der Waals surface area contributed by atoms with Crippen molar-refractivity contribution in [3.8, 4) is 0 Å². The van der Waals surface area contributed by atoms with Crippen LogP contribution in [0.5, 0.6) is 0 Å². The third-order valence-corrected chi connectivity index (χ3v) is 3.73. The molecule has 1 aliphatic heterocycles. The Bertz CT molecular complexity index is 304. The van der Waals surface area contributed by atoms with Crippen molar-refractivity contribution >= 4 is 30.7 Å². The lowest BCUT2D eigenvalue weighted by Crippen LogP contribution is -2.54. The lowest BCUT2D eigenvalue weighted by atomic mass is 10.2. The minimum Gasteiger partial charge on any atom is -0.377 e. The normalized spacial score (nSPS) is 21.1. The Balaban J connectivity index is 0.00000180. The second-order valence-corrected chi connectivity index (χ2v) is 5.71. The summed E-state index contributed by atoms with van der Waals surface area (Å²) >= 11 is 0. The summed E-state index contributed by atoms with van der Waals surface area (Å²) in [5, 5.41) is 0. The van der Waals surface area contributed by atoms with Gasteiger partial charge in [-0.25, -0.2) is 0 Å². The molecule has 0 radical (unpaired) electrons. The smallest absolute Gasteiger partial charge is 0.242 e. The molecule has 2 aliphatic rings. The molecule has 7 heteroatoms. The molecule has 0 aromatic heterocycles. The number of halogens is 2. The first-order valence-electron chi connectivity index (χ1n) is 6.93. The number of carbonyl (C=O) groups excluding carboxylic acids is 1. The number of amides is 1. The quantitative estimate of drug-likeness (QED) is 0.814. The molecule has 2 N–H and O–H groups in total. The van der Waals surface area contributed by atoms with Crippen LogP contribution in [0.25, 0.3) is 0 Å². The highest BCUT2D eigenvalue weighted by molar-refractivity contribution is 5.89. The first-order valence-corrected chi connectivity index (χ1v) is 6.93. The fraction of sp³-hybridized carbons (Fsp3) is 0.923. The summed E-state index contributed by atoms with van der Waals surface area (Å²) in [6.45, 7) is 9.30. The van der Waals surface area contributed by atoms with Crippen LogP contribution in [0.4, 0.5) is 0 Å². The lowest BCUT2D eigenvalue weighted by Gasteiger charge is -2.36. The van der Waals surface area contributed by atoms with E-state index in [0.717, 1.165) is 52.2 Å². The van der Waals surface area contributed by atoms with Gasteiger partial charge in [-0.3, -0.25) is 9.69 Å². The van der Waals surface area contributed by atoms with Crippen LogP contribution < -0.4 is 5.73 Å². The van der Waals surface area contributed by atoms with Crippen LogP contribution in [0.3, 0.4) is 0 Å². The van der Waals surface area contributed by atoms with Gasteiger partial charge in [-0.15, -0.1) is 24.8 Å². The number of nitrogens with zero attached hydrogens (tertiary/aromatic N) is 2. The van der Waals surface area contributed by atoms with Crippen molar-refractivity contribution in [2.45, 2.75) is 38.3 Å². The zero-order valence-electron chi connectivity index (χ0n) is 12.3. The van der Waals surface area contributed by atoms with Gasteiger partial charge in [0.25, 0.3) is 0 Å². The Labute approximate surface area is 134 Å². The molecule has 0 aromatic rings. The van der Waals surface area contributed by atoms with Crippen molar-refractivity contribution in [3.63, 3.8) is 0 Å². The zero-order valence-corrected chi connectivity index (χ0v) is 14.0. The molecule has 0 spiro atoms. The maximum atomic E-state index is 12.0. The SMILES string of the molecule is CC(C)OCCN1CCN(C(=O)C2(N)CC2)CC1.Cl.Cl. The summed E-state index contributed by atoms with van der Waals surface area (Å²) in [5.41, 5.74) is 5.43. The van der Waals surface area contributed by atoms with Crippen molar-refractivity contribution in [2.24, 2.45) is 5.73 Å². The third-order valence-electron chi connectivity index (χ3n) is 3.73. The average Bonchev–Trinajstić information content (AvgIpc) is 3.08. The molecule has 1 heterocycles. The number of hydrogen-bond acceptors (Lipinski definition) is 4. The molecule has 20 heavy (non-hydrogen) atoms. The molecule has 5 nitrogen and oxygen atoms in total. The minimum absolute atomic E-state index is 0. The van der Waals surface area contributed by atoms with Crippen LogP contribution in [0.2, 0.25) is 0 Å². The van der Waals surface area contributed by atoms with Crippen molar-refractivity contribution in [3.05, 3.63) is 0 Å². The fourth-order valence-corrected chi connectivity index (χ4v) is 2.26. The zero-order chi connectivity index (χ0) is 13.2. The third kappa shape index (κ3) is 5.37. The maximum Gasteiger partial charge on any atom is 0.242 e. The first kappa shape index (κ1) is 19.9. The molecule has 1 saturated heterocycles. The van der Waals surface area contributed by atoms with E-state index in [2.05, 4.69) is 4.90 Å². The number of carbonyl (C=O) groups is 1. The maximum absolute atomic E-state index is 12.0. The number of hydrogen-bond donors (Lipinski definition) is 1. The molecule has 1 aliphatic carbocycles. The van der Waals surface area contributed by atoms with Gasteiger partial charge in [0.05, 0.1) is 18.2 Å². The van der Waals surface area contributed by atoms with E-state index in [1.54, 1.807) is 0 Å². The predicted octanol–water partition coefficient (Wildman–Crippen LogP) is 0.891. The highest BCUT2D eigenvalue weighted by atomic mass is 35.5. The van der Waals surface area contributed by atoms with Crippen LogP contribution in [0.1, 0.15) is 26.7 Å². The average molecular weight is 328 g/mol. The molecule has 0 bridgehead atoms. The van der Waals surface area contributed by atoms with Gasteiger partial charge in [0, 0.05) is 32.7 Å². The summed E-state index contributed by atoms with van der Waals surface area (Å²) in [7, 11) is 0.